The topological polar surface area (TPSA) is 50.7 Å². The van der Waals surface area contributed by atoms with Crippen LogP contribution in [0.25, 0.3) is 0 Å². The maximum absolute atomic E-state index is 13.5. The number of rotatable bonds is 7. The molecule has 2 rings (SSSR count). The summed E-state index contributed by atoms with van der Waals surface area (Å²) in [6.45, 7) is -1.13. The van der Waals surface area contributed by atoms with E-state index in [9.17, 15) is 18.3 Å². The Balaban J connectivity index is 1.85. The van der Waals surface area contributed by atoms with Gasteiger partial charge < -0.3 is 19.9 Å². The van der Waals surface area contributed by atoms with Crippen LogP contribution in [0.5, 0.6) is 5.75 Å². The van der Waals surface area contributed by atoms with Gasteiger partial charge in [-0.3, -0.25) is 0 Å². The molecule has 1 aliphatic heterocycles. The molecule has 1 saturated heterocycles. The van der Waals surface area contributed by atoms with Crippen molar-refractivity contribution >= 4 is 0 Å². The van der Waals surface area contributed by atoms with Crippen molar-refractivity contribution in [2.75, 3.05) is 26.4 Å². The van der Waals surface area contributed by atoms with E-state index in [1.54, 1.807) is 0 Å². The van der Waals surface area contributed by atoms with Crippen LogP contribution < -0.4 is 10.1 Å². The van der Waals surface area contributed by atoms with Crippen LogP contribution in [0.4, 0.5) is 13.2 Å². The summed E-state index contributed by atoms with van der Waals surface area (Å²) >= 11 is 0. The number of benzene rings is 1. The minimum Gasteiger partial charge on any atom is -0.432 e. The van der Waals surface area contributed by atoms with Crippen LogP contribution in [0.1, 0.15) is 5.56 Å². The summed E-state index contributed by atoms with van der Waals surface area (Å²) in [5.41, 5.74) is 0.342. The Kier molecular flexibility index (Phi) is 4.85. The van der Waals surface area contributed by atoms with Crippen molar-refractivity contribution in [3.8, 4) is 5.75 Å². The van der Waals surface area contributed by atoms with Crippen molar-refractivity contribution < 1.29 is 27.8 Å². The number of alkyl halides is 2. The van der Waals surface area contributed by atoms with Crippen molar-refractivity contribution in [3.05, 3.63) is 29.6 Å². The zero-order valence-electron chi connectivity index (χ0n) is 10.7. The highest BCUT2D eigenvalue weighted by molar-refractivity contribution is 5.29. The second kappa shape index (κ2) is 6.43. The van der Waals surface area contributed by atoms with Gasteiger partial charge in [0.2, 0.25) is 0 Å². The lowest BCUT2D eigenvalue weighted by Crippen LogP contribution is -2.52. The second-order valence-electron chi connectivity index (χ2n) is 4.90. The van der Waals surface area contributed by atoms with Gasteiger partial charge in [-0.1, -0.05) is 6.07 Å². The van der Waals surface area contributed by atoms with Crippen LogP contribution in [-0.4, -0.2) is 38.1 Å². The Labute approximate surface area is 114 Å². The molecule has 1 aromatic rings. The van der Waals surface area contributed by atoms with Crippen molar-refractivity contribution in [2.24, 2.45) is 5.41 Å². The van der Waals surface area contributed by atoms with Gasteiger partial charge in [-0.05, 0) is 17.7 Å². The Bertz CT molecular complexity index is 447. The summed E-state index contributed by atoms with van der Waals surface area (Å²) in [7, 11) is 0. The van der Waals surface area contributed by atoms with Crippen LogP contribution in [0.3, 0.4) is 0 Å². The molecule has 112 valence electrons. The minimum absolute atomic E-state index is 0.0233. The molecule has 20 heavy (non-hydrogen) atoms. The lowest BCUT2D eigenvalue weighted by molar-refractivity contribution is -0.134. The van der Waals surface area contributed by atoms with E-state index < -0.39 is 18.2 Å². The van der Waals surface area contributed by atoms with Gasteiger partial charge in [-0.25, -0.2) is 4.39 Å². The summed E-state index contributed by atoms with van der Waals surface area (Å²) in [5, 5.41) is 12.3. The maximum atomic E-state index is 13.5. The summed E-state index contributed by atoms with van der Waals surface area (Å²) in [4.78, 5) is 0. The van der Waals surface area contributed by atoms with Crippen LogP contribution in [0.15, 0.2) is 18.2 Å². The van der Waals surface area contributed by atoms with Crippen LogP contribution in [-0.2, 0) is 11.3 Å². The molecule has 2 N–H and O–H groups in total. The lowest BCUT2D eigenvalue weighted by atomic mass is 9.87. The number of hydrogen-bond donors (Lipinski definition) is 2. The highest BCUT2D eigenvalue weighted by atomic mass is 19.3. The normalized spacial score (nSPS) is 17.1. The predicted octanol–water partition coefficient (Wildman–Crippen LogP) is 1.53. The standard InChI is InChI=1S/C13H16F3NO3/c14-10-3-9(1-2-11(10)20-12(15)16)4-17-5-13(6-18)7-19-8-13/h1-3,12,17-18H,4-8H2. The molecule has 0 spiro atoms. The van der Waals surface area contributed by atoms with Gasteiger partial charge in [-0.15, -0.1) is 0 Å². The van der Waals surface area contributed by atoms with E-state index in [1.807, 2.05) is 0 Å². The van der Waals surface area contributed by atoms with Gasteiger partial charge in [-0.2, -0.15) is 8.78 Å². The molecule has 0 unspecified atom stereocenters. The first-order valence-electron chi connectivity index (χ1n) is 6.17. The molecule has 0 aromatic heterocycles. The third kappa shape index (κ3) is 3.62. The number of aliphatic hydroxyl groups is 1. The summed E-state index contributed by atoms with van der Waals surface area (Å²) in [6.07, 6.45) is 0. The molecule has 0 aliphatic carbocycles. The Morgan fingerprint density at radius 3 is 2.65 bits per heavy atom. The third-order valence-electron chi connectivity index (χ3n) is 3.19. The Morgan fingerprint density at radius 1 is 1.40 bits per heavy atom. The highest BCUT2D eigenvalue weighted by Gasteiger charge is 2.37. The maximum Gasteiger partial charge on any atom is 0.387 e. The SMILES string of the molecule is OCC1(CNCc2ccc(OC(F)F)c(F)c2)COC1. The van der Waals surface area contributed by atoms with E-state index in [-0.39, 0.29) is 12.0 Å². The zero-order valence-corrected chi connectivity index (χ0v) is 10.7. The average molecular weight is 291 g/mol. The number of hydrogen-bond acceptors (Lipinski definition) is 4. The molecular formula is C13H16F3NO3. The molecule has 4 nitrogen and oxygen atoms in total. The van der Waals surface area contributed by atoms with Gasteiger partial charge in [0.1, 0.15) is 0 Å². The lowest BCUT2D eigenvalue weighted by Gasteiger charge is -2.40. The van der Waals surface area contributed by atoms with E-state index in [2.05, 4.69) is 10.1 Å². The second-order valence-corrected chi connectivity index (χ2v) is 4.90. The average Bonchev–Trinajstić information content (AvgIpc) is 2.35. The van der Waals surface area contributed by atoms with Gasteiger partial charge in [0.05, 0.1) is 25.2 Å². The quantitative estimate of drug-likeness (QED) is 0.800. The predicted molar refractivity (Wildman–Crippen MR) is 65.1 cm³/mol. The third-order valence-corrected chi connectivity index (χ3v) is 3.19. The molecule has 1 fully saturated rings. The van der Waals surface area contributed by atoms with Crippen molar-refractivity contribution in [1.82, 2.24) is 5.32 Å². The zero-order chi connectivity index (χ0) is 14.6. The van der Waals surface area contributed by atoms with Crippen LogP contribution in [0.2, 0.25) is 0 Å². The van der Waals surface area contributed by atoms with E-state index in [1.165, 1.54) is 12.1 Å². The molecule has 1 aromatic carbocycles. The fourth-order valence-electron chi connectivity index (χ4n) is 1.96. The van der Waals surface area contributed by atoms with E-state index >= 15 is 0 Å². The monoisotopic (exact) mass is 291 g/mol. The van der Waals surface area contributed by atoms with E-state index in [4.69, 9.17) is 4.74 Å². The molecule has 0 saturated carbocycles. The van der Waals surface area contributed by atoms with E-state index in [0.717, 1.165) is 6.07 Å². The van der Waals surface area contributed by atoms with Crippen LogP contribution in [0, 0.1) is 11.2 Å². The molecule has 0 atom stereocenters. The van der Waals surface area contributed by atoms with Crippen molar-refractivity contribution in [2.45, 2.75) is 13.2 Å². The molecular weight excluding hydrogens is 275 g/mol. The van der Waals surface area contributed by atoms with Gasteiger partial charge >= 0.3 is 6.61 Å². The first kappa shape index (κ1) is 15.1. The van der Waals surface area contributed by atoms with Crippen LogP contribution >= 0.6 is 0 Å². The first-order chi connectivity index (χ1) is 9.54. The fourth-order valence-corrected chi connectivity index (χ4v) is 1.96. The number of nitrogens with one attached hydrogen (secondary N) is 1. The molecule has 1 aliphatic rings. The van der Waals surface area contributed by atoms with Crippen molar-refractivity contribution in [1.29, 1.82) is 0 Å². The molecule has 7 heteroatoms. The van der Waals surface area contributed by atoms with Crippen molar-refractivity contribution in [3.63, 3.8) is 0 Å². The first-order valence-corrected chi connectivity index (χ1v) is 6.17. The Morgan fingerprint density at radius 2 is 2.15 bits per heavy atom. The number of aliphatic hydroxyl groups excluding tert-OH is 1. The fraction of sp³-hybridized carbons (Fsp3) is 0.538. The summed E-state index contributed by atoms with van der Waals surface area (Å²) in [5.74, 6) is -1.29. The summed E-state index contributed by atoms with van der Waals surface area (Å²) in [6, 6.07) is 3.83. The van der Waals surface area contributed by atoms with Gasteiger partial charge in [0.25, 0.3) is 0 Å². The van der Waals surface area contributed by atoms with Gasteiger partial charge in [0.15, 0.2) is 11.6 Å². The smallest absolute Gasteiger partial charge is 0.387 e. The Hall–Kier alpha value is -1.31. The van der Waals surface area contributed by atoms with Gasteiger partial charge in [0, 0.05) is 13.1 Å². The molecule has 0 radical (unpaired) electrons. The number of halogens is 3. The summed E-state index contributed by atoms with van der Waals surface area (Å²) < 4.78 is 46.5. The molecule has 0 bridgehead atoms. The van der Waals surface area contributed by atoms with E-state index in [0.29, 0.717) is 31.9 Å². The highest BCUT2D eigenvalue weighted by Crippen LogP contribution is 2.26. The number of ether oxygens (including phenoxy) is 2. The molecule has 1 heterocycles. The largest absolute Gasteiger partial charge is 0.432 e. The molecule has 0 amide bonds. The minimum atomic E-state index is -3.04.